The van der Waals surface area contributed by atoms with Gasteiger partial charge in [-0.3, -0.25) is 9.69 Å². The van der Waals surface area contributed by atoms with Gasteiger partial charge < -0.3 is 14.8 Å². The van der Waals surface area contributed by atoms with Crippen LogP contribution in [0, 0.1) is 5.92 Å². The molecule has 4 rings (SSSR count). The molecule has 1 amide bonds. The Morgan fingerprint density at radius 1 is 1.14 bits per heavy atom. The molecule has 1 fully saturated rings. The van der Waals surface area contributed by atoms with E-state index in [0.717, 1.165) is 49.7 Å². The molecule has 0 aromatic heterocycles. The molecule has 6 heteroatoms. The molecular weight excluding hydrogens is 376 g/mol. The van der Waals surface area contributed by atoms with E-state index in [-0.39, 0.29) is 11.8 Å². The Hall–Kier alpha value is -2.08. The van der Waals surface area contributed by atoms with Gasteiger partial charge in [0.05, 0.1) is 19.1 Å². The van der Waals surface area contributed by atoms with E-state index >= 15 is 0 Å². The van der Waals surface area contributed by atoms with Crippen LogP contribution in [-0.2, 0) is 29.0 Å². The van der Waals surface area contributed by atoms with Gasteiger partial charge in [-0.25, -0.2) is 0 Å². The molecule has 0 unspecified atom stereocenters. The number of nitrogens with one attached hydrogen (secondary N) is 1. The molecule has 0 aliphatic carbocycles. The number of nitrogens with zero attached hydrogens (tertiary/aromatic N) is 1. The summed E-state index contributed by atoms with van der Waals surface area (Å²) >= 11 is 6.07. The first-order chi connectivity index (χ1) is 13.7. The first-order valence-electron chi connectivity index (χ1n) is 9.75. The number of fused-ring (bicyclic) bond motifs is 1. The Kier molecular flexibility index (Phi) is 6.15. The zero-order valence-electron chi connectivity index (χ0n) is 15.8. The lowest BCUT2D eigenvalue weighted by Crippen LogP contribution is -2.38. The topological polar surface area (TPSA) is 50.8 Å². The summed E-state index contributed by atoms with van der Waals surface area (Å²) in [6, 6.07) is 13.9. The van der Waals surface area contributed by atoms with Crippen molar-refractivity contribution in [3.8, 4) is 5.75 Å². The van der Waals surface area contributed by atoms with E-state index in [0.29, 0.717) is 24.6 Å². The molecule has 5 nitrogen and oxygen atoms in total. The molecule has 0 saturated carbocycles. The maximum Gasteiger partial charge on any atom is 0.227 e. The van der Waals surface area contributed by atoms with Crippen LogP contribution in [0.1, 0.15) is 16.7 Å². The summed E-state index contributed by atoms with van der Waals surface area (Å²) in [6.45, 7) is 5.27. The van der Waals surface area contributed by atoms with Gasteiger partial charge in [-0.1, -0.05) is 35.9 Å². The molecule has 1 N–H and O–H groups in total. The number of hydrogen-bond acceptors (Lipinski definition) is 4. The second-order valence-corrected chi connectivity index (χ2v) is 7.78. The summed E-state index contributed by atoms with van der Waals surface area (Å²) in [5.41, 5.74) is 3.40. The van der Waals surface area contributed by atoms with E-state index < -0.39 is 0 Å². The fraction of sp³-hybridized carbons (Fsp3) is 0.409. The molecule has 0 bridgehead atoms. The smallest absolute Gasteiger partial charge is 0.227 e. The van der Waals surface area contributed by atoms with Gasteiger partial charge in [0.1, 0.15) is 12.4 Å². The number of rotatable bonds is 5. The van der Waals surface area contributed by atoms with Crippen LogP contribution >= 0.6 is 11.6 Å². The van der Waals surface area contributed by atoms with Crippen LogP contribution in [0.5, 0.6) is 5.75 Å². The third-order valence-corrected chi connectivity index (χ3v) is 5.60. The number of carbonyl (C=O) groups excluding carboxylic acids is 1. The van der Waals surface area contributed by atoms with Gasteiger partial charge in [0, 0.05) is 31.2 Å². The van der Waals surface area contributed by atoms with Gasteiger partial charge in [-0.2, -0.15) is 0 Å². The highest BCUT2D eigenvalue weighted by Crippen LogP contribution is 2.29. The number of carbonyl (C=O) groups is 1. The van der Waals surface area contributed by atoms with Crippen molar-refractivity contribution >= 4 is 17.5 Å². The largest absolute Gasteiger partial charge is 0.492 e. The minimum Gasteiger partial charge on any atom is -0.492 e. The Bertz CT molecular complexity index is 836. The van der Waals surface area contributed by atoms with Gasteiger partial charge >= 0.3 is 0 Å². The quantitative estimate of drug-likeness (QED) is 0.838. The van der Waals surface area contributed by atoms with Crippen LogP contribution < -0.4 is 10.1 Å². The molecule has 2 aliphatic rings. The number of halogens is 1. The van der Waals surface area contributed by atoms with Crippen LogP contribution in [0.15, 0.2) is 42.5 Å². The second kappa shape index (κ2) is 8.95. The molecule has 148 valence electrons. The summed E-state index contributed by atoms with van der Waals surface area (Å²) in [4.78, 5) is 15.1. The van der Waals surface area contributed by atoms with Gasteiger partial charge in [-0.05, 0) is 41.3 Å². The highest BCUT2D eigenvalue weighted by Gasteiger charge is 2.26. The van der Waals surface area contributed by atoms with Crippen molar-refractivity contribution in [1.29, 1.82) is 0 Å². The average Bonchev–Trinajstić information content (AvgIpc) is 2.73. The van der Waals surface area contributed by atoms with Gasteiger partial charge in [0.2, 0.25) is 5.91 Å². The van der Waals surface area contributed by atoms with Crippen molar-refractivity contribution in [2.45, 2.75) is 19.5 Å². The zero-order chi connectivity index (χ0) is 19.3. The van der Waals surface area contributed by atoms with Crippen LogP contribution in [0.25, 0.3) is 0 Å². The fourth-order valence-corrected chi connectivity index (χ4v) is 3.94. The third kappa shape index (κ3) is 4.66. The highest BCUT2D eigenvalue weighted by molar-refractivity contribution is 6.30. The summed E-state index contributed by atoms with van der Waals surface area (Å²) in [5.74, 6) is 0.647. The molecule has 0 spiro atoms. The maximum absolute atomic E-state index is 12.7. The van der Waals surface area contributed by atoms with Gasteiger partial charge in [0.15, 0.2) is 0 Å². The number of morpholine rings is 1. The maximum atomic E-state index is 12.7. The molecule has 0 radical (unpaired) electrons. The molecule has 2 heterocycles. The molecule has 2 aromatic rings. The minimum atomic E-state index is -0.197. The van der Waals surface area contributed by atoms with Crippen molar-refractivity contribution in [3.63, 3.8) is 0 Å². The SMILES string of the molecule is O=C(NCc1ccccc1CN1CCOCC1)[C@@H]1COc2ccc(Cl)cc2C1. The number of amides is 1. The van der Waals surface area contributed by atoms with E-state index in [1.165, 1.54) is 5.56 Å². The van der Waals surface area contributed by atoms with Crippen molar-refractivity contribution in [1.82, 2.24) is 10.2 Å². The normalized spacial score (nSPS) is 19.5. The predicted molar refractivity (Wildman–Crippen MR) is 109 cm³/mol. The van der Waals surface area contributed by atoms with Crippen molar-refractivity contribution in [2.75, 3.05) is 32.9 Å². The number of hydrogen-bond donors (Lipinski definition) is 1. The fourth-order valence-electron chi connectivity index (χ4n) is 3.74. The number of benzene rings is 2. The standard InChI is InChI=1S/C22H25ClN2O3/c23-20-5-6-21-18(12-20)11-19(15-28-21)22(26)24-13-16-3-1-2-4-17(16)14-25-7-9-27-10-8-25/h1-6,12,19H,7-11,13-15H2,(H,24,26)/t19-/m0/s1. The van der Waals surface area contributed by atoms with Crippen molar-refractivity contribution < 1.29 is 14.3 Å². The second-order valence-electron chi connectivity index (χ2n) is 7.34. The molecule has 1 saturated heterocycles. The minimum absolute atomic E-state index is 0.0202. The molecular formula is C22H25ClN2O3. The van der Waals surface area contributed by atoms with Crippen molar-refractivity contribution in [3.05, 3.63) is 64.2 Å². The van der Waals surface area contributed by atoms with Gasteiger partial charge in [0.25, 0.3) is 0 Å². The first kappa shape index (κ1) is 19.2. The zero-order valence-corrected chi connectivity index (χ0v) is 16.6. The van der Waals surface area contributed by atoms with E-state index in [1.54, 1.807) is 0 Å². The average molecular weight is 401 g/mol. The van der Waals surface area contributed by atoms with Crippen molar-refractivity contribution in [2.24, 2.45) is 5.92 Å². The summed E-state index contributed by atoms with van der Waals surface area (Å²) < 4.78 is 11.2. The van der Waals surface area contributed by atoms with Gasteiger partial charge in [-0.15, -0.1) is 0 Å². The van der Waals surface area contributed by atoms with Crippen LogP contribution in [-0.4, -0.2) is 43.7 Å². The summed E-state index contributed by atoms with van der Waals surface area (Å²) in [6.07, 6.45) is 0.650. The number of ether oxygens (including phenoxy) is 2. The van der Waals surface area contributed by atoms with Crippen LogP contribution in [0.3, 0.4) is 0 Å². The Morgan fingerprint density at radius 2 is 1.93 bits per heavy atom. The van der Waals surface area contributed by atoms with E-state index in [9.17, 15) is 4.79 Å². The monoisotopic (exact) mass is 400 g/mol. The highest BCUT2D eigenvalue weighted by atomic mass is 35.5. The summed E-state index contributed by atoms with van der Waals surface area (Å²) in [5, 5.41) is 3.76. The Morgan fingerprint density at radius 3 is 2.75 bits per heavy atom. The Labute approximate surface area is 170 Å². The van der Waals surface area contributed by atoms with E-state index in [4.69, 9.17) is 21.1 Å². The molecule has 1 atom stereocenters. The first-order valence-corrected chi connectivity index (χ1v) is 10.1. The van der Waals surface area contributed by atoms with Crippen LogP contribution in [0.4, 0.5) is 0 Å². The van der Waals surface area contributed by atoms with E-state index in [2.05, 4.69) is 28.4 Å². The molecule has 28 heavy (non-hydrogen) atoms. The lowest BCUT2D eigenvalue weighted by Gasteiger charge is -2.27. The molecule has 2 aliphatic heterocycles. The lowest BCUT2D eigenvalue weighted by atomic mass is 9.96. The third-order valence-electron chi connectivity index (χ3n) is 5.37. The molecule has 2 aromatic carbocycles. The summed E-state index contributed by atoms with van der Waals surface area (Å²) in [7, 11) is 0. The predicted octanol–water partition coefficient (Wildman–Crippen LogP) is 3.04. The lowest BCUT2D eigenvalue weighted by molar-refractivity contribution is -0.126. The van der Waals surface area contributed by atoms with E-state index in [1.807, 2.05) is 24.3 Å². The van der Waals surface area contributed by atoms with Crippen LogP contribution in [0.2, 0.25) is 5.02 Å². The Balaban J connectivity index is 1.36.